The molecule has 0 atom stereocenters. The number of aromatic nitrogens is 2. The van der Waals surface area contributed by atoms with Crippen LogP contribution in [0.2, 0.25) is 0 Å². The van der Waals surface area contributed by atoms with E-state index in [1.807, 2.05) is 41.1 Å². The van der Waals surface area contributed by atoms with Crippen LogP contribution in [-0.4, -0.2) is 15.7 Å². The number of carbonyl (C=O) groups is 1. The van der Waals surface area contributed by atoms with Gasteiger partial charge in [0.05, 0.1) is 11.4 Å². The molecule has 0 unspecified atom stereocenters. The van der Waals surface area contributed by atoms with E-state index in [1.54, 1.807) is 0 Å². The number of benzene rings is 2. The minimum atomic E-state index is 0.0689. The van der Waals surface area contributed by atoms with Gasteiger partial charge in [-0.05, 0) is 31.4 Å². The van der Waals surface area contributed by atoms with Crippen molar-refractivity contribution in [1.82, 2.24) is 9.78 Å². The molecule has 2 aromatic carbocycles. The van der Waals surface area contributed by atoms with Gasteiger partial charge in [-0.2, -0.15) is 5.10 Å². The summed E-state index contributed by atoms with van der Waals surface area (Å²) in [6.45, 7) is 2.07. The molecule has 4 rings (SSSR count). The van der Waals surface area contributed by atoms with E-state index in [-0.39, 0.29) is 5.91 Å². The molecular weight excluding hydrogens is 346 g/mol. The quantitative estimate of drug-likeness (QED) is 0.597. The zero-order valence-electron chi connectivity index (χ0n) is 16.4. The number of hydrogen-bond acceptors (Lipinski definition) is 2. The van der Waals surface area contributed by atoms with Crippen LogP contribution in [0, 0.1) is 12.8 Å². The first kappa shape index (κ1) is 18.5. The molecule has 1 aromatic heterocycles. The van der Waals surface area contributed by atoms with Crippen molar-refractivity contribution >= 4 is 11.7 Å². The Kier molecular flexibility index (Phi) is 5.56. The van der Waals surface area contributed by atoms with Gasteiger partial charge in [-0.25, -0.2) is 4.68 Å². The number of nitrogens with zero attached hydrogens (tertiary/aromatic N) is 2. The van der Waals surface area contributed by atoms with Crippen LogP contribution in [0.5, 0.6) is 0 Å². The van der Waals surface area contributed by atoms with Gasteiger partial charge in [0.15, 0.2) is 0 Å². The van der Waals surface area contributed by atoms with Gasteiger partial charge in [-0.3, -0.25) is 4.79 Å². The van der Waals surface area contributed by atoms with E-state index in [4.69, 9.17) is 5.10 Å². The molecule has 0 radical (unpaired) electrons. The van der Waals surface area contributed by atoms with Crippen LogP contribution in [0.3, 0.4) is 0 Å². The highest BCUT2D eigenvalue weighted by Gasteiger charge is 2.18. The smallest absolute Gasteiger partial charge is 0.225 e. The predicted octanol–water partition coefficient (Wildman–Crippen LogP) is 5.76. The zero-order chi connectivity index (χ0) is 19.3. The number of aryl methyl sites for hydroxylation is 1. The number of nitrogens with one attached hydrogen (secondary N) is 1. The Bertz CT molecular complexity index is 922. The first-order chi connectivity index (χ1) is 13.7. The minimum Gasteiger partial charge on any atom is -0.311 e. The Labute approximate surface area is 166 Å². The van der Waals surface area contributed by atoms with Crippen molar-refractivity contribution in [3.8, 4) is 16.9 Å². The maximum atomic E-state index is 12.6. The van der Waals surface area contributed by atoms with E-state index in [1.165, 1.54) is 31.2 Å². The number of rotatable bonds is 6. The predicted molar refractivity (Wildman–Crippen MR) is 114 cm³/mol. The average Bonchev–Trinajstić information content (AvgIpc) is 3.38. The average molecular weight is 374 g/mol. The van der Waals surface area contributed by atoms with Crippen LogP contribution in [0.4, 0.5) is 5.82 Å². The molecule has 1 fully saturated rings. The lowest BCUT2D eigenvalue weighted by Crippen LogP contribution is -2.15. The van der Waals surface area contributed by atoms with Crippen LogP contribution in [-0.2, 0) is 4.79 Å². The molecule has 3 aromatic rings. The second kappa shape index (κ2) is 8.42. The van der Waals surface area contributed by atoms with Gasteiger partial charge in [0.1, 0.15) is 5.82 Å². The molecule has 1 aliphatic rings. The van der Waals surface area contributed by atoms with Gasteiger partial charge in [0, 0.05) is 18.1 Å². The lowest BCUT2D eigenvalue weighted by Gasteiger charge is -2.10. The number of anilines is 1. The molecule has 1 heterocycles. The maximum Gasteiger partial charge on any atom is 0.225 e. The fourth-order valence-electron chi connectivity index (χ4n) is 3.94. The summed E-state index contributed by atoms with van der Waals surface area (Å²) < 4.78 is 1.82. The molecule has 4 nitrogen and oxygen atoms in total. The highest BCUT2D eigenvalue weighted by atomic mass is 16.1. The van der Waals surface area contributed by atoms with Crippen LogP contribution in [0.25, 0.3) is 16.9 Å². The molecule has 0 spiro atoms. The molecule has 1 saturated carbocycles. The number of amides is 1. The summed E-state index contributed by atoms with van der Waals surface area (Å²) in [5.41, 5.74) is 4.05. The first-order valence-corrected chi connectivity index (χ1v) is 10.2. The summed E-state index contributed by atoms with van der Waals surface area (Å²) in [5.74, 6) is 1.51. The Hall–Kier alpha value is -2.88. The Morgan fingerprint density at radius 3 is 2.50 bits per heavy atom. The summed E-state index contributed by atoms with van der Waals surface area (Å²) in [4.78, 5) is 12.6. The third-order valence-corrected chi connectivity index (χ3v) is 5.58. The van der Waals surface area contributed by atoms with Gasteiger partial charge < -0.3 is 5.32 Å². The van der Waals surface area contributed by atoms with Gasteiger partial charge in [-0.1, -0.05) is 73.7 Å². The molecule has 0 saturated heterocycles. The van der Waals surface area contributed by atoms with E-state index in [0.29, 0.717) is 12.3 Å². The van der Waals surface area contributed by atoms with E-state index in [0.717, 1.165) is 29.2 Å². The monoisotopic (exact) mass is 373 g/mol. The lowest BCUT2D eigenvalue weighted by atomic mass is 10.0. The molecule has 0 bridgehead atoms. The highest BCUT2D eigenvalue weighted by Crippen LogP contribution is 2.29. The number of hydrogen-bond donors (Lipinski definition) is 1. The third kappa shape index (κ3) is 4.33. The normalized spacial score (nSPS) is 14.3. The summed E-state index contributed by atoms with van der Waals surface area (Å²) in [7, 11) is 0. The van der Waals surface area contributed by atoms with E-state index < -0.39 is 0 Å². The van der Waals surface area contributed by atoms with Gasteiger partial charge in [0.2, 0.25) is 5.91 Å². The number of carbonyl (C=O) groups excluding carboxylic acids is 1. The van der Waals surface area contributed by atoms with Crippen LogP contribution < -0.4 is 5.32 Å². The largest absolute Gasteiger partial charge is 0.311 e. The number of para-hydroxylation sites is 1. The summed E-state index contributed by atoms with van der Waals surface area (Å²) in [6, 6.07) is 20.2. The van der Waals surface area contributed by atoms with Crippen molar-refractivity contribution in [2.24, 2.45) is 5.92 Å². The van der Waals surface area contributed by atoms with E-state index in [9.17, 15) is 4.79 Å². The Morgan fingerprint density at radius 2 is 1.79 bits per heavy atom. The van der Waals surface area contributed by atoms with Crippen molar-refractivity contribution < 1.29 is 4.79 Å². The molecule has 1 N–H and O–H groups in total. The summed E-state index contributed by atoms with van der Waals surface area (Å²) in [5, 5.41) is 7.87. The first-order valence-electron chi connectivity index (χ1n) is 10.2. The third-order valence-electron chi connectivity index (χ3n) is 5.58. The van der Waals surface area contributed by atoms with Crippen LogP contribution in [0.15, 0.2) is 60.7 Å². The second-order valence-corrected chi connectivity index (χ2v) is 7.77. The fraction of sp³-hybridized carbons (Fsp3) is 0.333. The molecule has 1 amide bonds. The van der Waals surface area contributed by atoms with Crippen molar-refractivity contribution in [3.05, 3.63) is 66.2 Å². The summed E-state index contributed by atoms with van der Waals surface area (Å²) in [6.07, 6.45) is 6.72. The summed E-state index contributed by atoms with van der Waals surface area (Å²) >= 11 is 0. The molecule has 144 valence electrons. The SMILES string of the molecule is Cc1ccc(-c2cc(NC(=O)CCC3CCCC3)n(-c3ccccc3)n2)cc1. The fourth-order valence-corrected chi connectivity index (χ4v) is 3.94. The van der Waals surface area contributed by atoms with E-state index >= 15 is 0 Å². The maximum absolute atomic E-state index is 12.6. The molecule has 28 heavy (non-hydrogen) atoms. The molecule has 0 aliphatic heterocycles. The second-order valence-electron chi connectivity index (χ2n) is 7.77. The van der Waals surface area contributed by atoms with Crippen molar-refractivity contribution in [1.29, 1.82) is 0 Å². The van der Waals surface area contributed by atoms with Gasteiger partial charge in [0.25, 0.3) is 0 Å². The van der Waals surface area contributed by atoms with E-state index in [2.05, 4.69) is 36.5 Å². The zero-order valence-corrected chi connectivity index (χ0v) is 16.4. The van der Waals surface area contributed by atoms with Gasteiger partial charge in [-0.15, -0.1) is 0 Å². The highest BCUT2D eigenvalue weighted by molar-refractivity contribution is 5.90. The standard InChI is InChI=1S/C24H27N3O/c1-18-11-14-20(15-12-18)22-17-23(27(26-22)21-9-3-2-4-10-21)25-24(28)16-13-19-7-5-6-8-19/h2-4,9-12,14-15,17,19H,5-8,13,16H2,1H3,(H,25,28). The van der Waals surface area contributed by atoms with Crippen molar-refractivity contribution in [2.45, 2.75) is 45.4 Å². The van der Waals surface area contributed by atoms with Gasteiger partial charge >= 0.3 is 0 Å². The van der Waals surface area contributed by atoms with Crippen LogP contribution >= 0.6 is 0 Å². The molecule has 4 heteroatoms. The lowest BCUT2D eigenvalue weighted by molar-refractivity contribution is -0.116. The Morgan fingerprint density at radius 1 is 1.07 bits per heavy atom. The Balaban J connectivity index is 1.57. The van der Waals surface area contributed by atoms with Crippen molar-refractivity contribution in [2.75, 3.05) is 5.32 Å². The van der Waals surface area contributed by atoms with Crippen molar-refractivity contribution in [3.63, 3.8) is 0 Å². The van der Waals surface area contributed by atoms with Crippen LogP contribution in [0.1, 0.15) is 44.1 Å². The molecule has 1 aliphatic carbocycles. The minimum absolute atomic E-state index is 0.0689. The molecular formula is C24H27N3O. The topological polar surface area (TPSA) is 46.9 Å².